The zero-order chi connectivity index (χ0) is 20.5. The topological polar surface area (TPSA) is 95.6 Å². The first kappa shape index (κ1) is 19.8. The number of nitrogens with zero attached hydrogens (tertiary/aromatic N) is 1. The summed E-state index contributed by atoms with van der Waals surface area (Å²) < 4.78 is 41.7. The van der Waals surface area contributed by atoms with Gasteiger partial charge in [0, 0.05) is 31.3 Å². The second-order valence-electron chi connectivity index (χ2n) is 6.41. The smallest absolute Gasteiger partial charge is 0.261 e. The number of nitrogens with one attached hydrogen (secondary N) is 2. The van der Waals surface area contributed by atoms with Crippen molar-refractivity contribution in [3.8, 4) is 0 Å². The van der Waals surface area contributed by atoms with E-state index < -0.39 is 21.7 Å². The Morgan fingerprint density at radius 2 is 1.93 bits per heavy atom. The van der Waals surface area contributed by atoms with E-state index in [1.165, 1.54) is 19.1 Å². The lowest BCUT2D eigenvalue weighted by molar-refractivity contribution is -0.119. The second-order valence-corrected chi connectivity index (χ2v) is 8.09. The number of fused-ring (bicyclic) bond motifs is 1. The van der Waals surface area contributed by atoms with Crippen LogP contribution in [-0.4, -0.2) is 26.8 Å². The Bertz CT molecular complexity index is 1050. The number of anilines is 3. The van der Waals surface area contributed by atoms with E-state index in [0.717, 1.165) is 17.3 Å². The summed E-state index contributed by atoms with van der Waals surface area (Å²) in [6, 6.07) is 8.22. The van der Waals surface area contributed by atoms with Gasteiger partial charge in [0.1, 0.15) is 5.82 Å². The molecule has 28 heavy (non-hydrogen) atoms. The lowest BCUT2D eigenvalue weighted by Crippen LogP contribution is -2.34. The fourth-order valence-electron chi connectivity index (χ4n) is 3.14. The molecular weight excluding hydrogens is 385 g/mol. The van der Waals surface area contributed by atoms with Crippen LogP contribution in [0.2, 0.25) is 0 Å². The van der Waals surface area contributed by atoms with E-state index in [1.54, 1.807) is 23.1 Å². The largest absolute Gasteiger partial charge is 0.324 e. The summed E-state index contributed by atoms with van der Waals surface area (Å²) in [5.74, 6) is -1.26. The molecule has 0 fully saturated rings. The van der Waals surface area contributed by atoms with Gasteiger partial charge in [0.2, 0.25) is 11.8 Å². The number of amides is 2. The van der Waals surface area contributed by atoms with Crippen LogP contribution >= 0.6 is 0 Å². The van der Waals surface area contributed by atoms with Gasteiger partial charge in [-0.1, -0.05) is 0 Å². The minimum atomic E-state index is -4.02. The Labute approximate surface area is 162 Å². The third-order valence-electron chi connectivity index (χ3n) is 4.41. The Morgan fingerprint density at radius 1 is 1.18 bits per heavy atom. The molecule has 0 bridgehead atoms. The summed E-state index contributed by atoms with van der Waals surface area (Å²) >= 11 is 0. The highest BCUT2D eigenvalue weighted by Crippen LogP contribution is 2.31. The number of halogens is 1. The molecule has 2 aromatic carbocycles. The molecule has 0 aliphatic carbocycles. The van der Waals surface area contributed by atoms with Crippen LogP contribution in [0.3, 0.4) is 0 Å². The molecule has 3 rings (SSSR count). The average Bonchev–Trinajstić information content (AvgIpc) is 2.62. The highest BCUT2D eigenvalue weighted by Gasteiger charge is 2.24. The predicted octanol–water partition coefficient (Wildman–Crippen LogP) is 2.88. The highest BCUT2D eigenvalue weighted by atomic mass is 32.2. The van der Waals surface area contributed by atoms with Crippen molar-refractivity contribution < 1.29 is 22.4 Å². The van der Waals surface area contributed by atoms with Crippen LogP contribution in [0.5, 0.6) is 0 Å². The monoisotopic (exact) mass is 405 g/mol. The van der Waals surface area contributed by atoms with Gasteiger partial charge in [0.05, 0.1) is 10.6 Å². The minimum Gasteiger partial charge on any atom is -0.324 e. The number of hydrogen-bond donors (Lipinski definition) is 2. The van der Waals surface area contributed by atoms with Crippen molar-refractivity contribution in [2.75, 3.05) is 21.5 Å². The van der Waals surface area contributed by atoms with Gasteiger partial charge in [0.15, 0.2) is 0 Å². The van der Waals surface area contributed by atoms with Gasteiger partial charge in [-0.05, 0) is 55.3 Å². The fourth-order valence-corrected chi connectivity index (χ4v) is 4.20. The lowest BCUT2D eigenvalue weighted by atomic mass is 10.0. The van der Waals surface area contributed by atoms with Gasteiger partial charge in [-0.25, -0.2) is 12.8 Å². The maximum absolute atomic E-state index is 14.1. The summed E-state index contributed by atoms with van der Waals surface area (Å²) in [7, 11) is -4.02. The zero-order valence-corrected chi connectivity index (χ0v) is 16.3. The van der Waals surface area contributed by atoms with Crippen molar-refractivity contribution in [1.29, 1.82) is 0 Å². The number of carbonyl (C=O) groups excluding carboxylic acids is 2. The first-order valence-corrected chi connectivity index (χ1v) is 10.2. The fraction of sp³-hybridized carbons (Fsp3) is 0.263. The third-order valence-corrected chi connectivity index (χ3v) is 5.79. The molecule has 1 heterocycles. The van der Waals surface area contributed by atoms with Gasteiger partial charge in [0.25, 0.3) is 10.0 Å². The second kappa shape index (κ2) is 7.59. The van der Waals surface area contributed by atoms with E-state index in [9.17, 15) is 22.4 Å². The van der Waals surface area contributed by atoms with Crippen LogP contribution in [0.4, 0.5) is 21.5 Å². The van der Waals surface area contributed by atoms with Crippen molar-refractivity contribution in [2.24, 2.45) is 0 Å². The van der Waals surface area contributed by atoms with Crippen molar-refractivity contribution in [3.63, 3.8) is 0 Å². The van der Waals surface area contributed by atoms with E-state index >= 15 is 0 Å². The summed E-state index contributed by atoms with van der Waals surface area (Å²) in [6.07, 6.45) is 0.896. The zero-order valence-electron chi connectivity index (χ0n) is 15.5. The van der Waals surface area contributed by atoms with Crippen molar-refractivity contribution in [2.45, 2.75) is 31.6 Å². The maximum Gasteiger partial charge on any atom is 0.261 e. The molecule has 2 amide bonds. The summed E-state index contributed by atoms with van der Waals surface area (Å²) in [5.41, 5.74) is 1.88. The molecule has 2 N–H and O–H groups in total. The highest BCUT2D eigenvalue weighted by molar-refractivity contribution is 7.92. The molecule has 2 aromatic rings. The van der Waals surface area contributed by atoms with Crippen LogP contribution in [0.25, 0.3) is 0 Å². The van der Waals surface area contributed by atoms with Crippen molar-refractivity contribution in [3.05, 3.63) is 47.8 Å². The summed E-state index contributed by atoms with van der Waals surface area (Å²) in [5, 5.41) is 2.29. The number of carbonyl (C=O) groups is 2. The van der Waals surface area contributed by atoms with Crippen LogP contribution < -0.4 is 14.9 Å². The Balaban J connectivity index is 1.86. The first-order chi connectivity index (χ1) is 13.2. The summed E-state index contributed by atoms with van der Waals surface area (Å²) in [4.78, 5) is 24.4. The number of rotatable bonds is 5. The van der Waals surface area contributed by atoms with Gasteiger partial charge in [-0.15, -0.1) is 0 Å². The van der Waals surface area contributed by atoms with Gasteiger partial charge >= 0.3 is 0 Å². The number of benzene rings is 2. The Kier molecular flexibility index (Phi) is 5.37. The van der Waals surface area contributed by atoms with Gasteiger partial charge < -0.3 is 10.2 Å². The Morgan fingerprint density at radius 3 is 2.57 bits per heavy atom. The third kappa shape index (κ3) is 3.99. The molecule has 1 aliphatic rings. The van der Waals surface area contributed by atoms with E-state index in [2.05, 4.69) is 10.0 Å². The van der Waals surface area contributed by atoms with Gasteiger partial charge in [-0.3, -0.25) is 14.3 Å². The molecule has 0 saturated carbocycles. The minimum absolute atomic E-state index is 0.0399. The lowest BCUT2D eigenvalue weighted by Gasteiger charge is -2.28. The number of sulfonamides is 1. The molecule has 0 radical (unpaired) electrons. The van der Waals surface area contributed by atoms with Crippen molar-refractivity contribution in [1.82, 2.24) is 0 Å². The SMILES string of the molecule is CCN1C(=O)CCc2cc(NS(=O)(=O)c3ccc(NC(C)=O)c(F)c3)ccc21. The number of aryl methyl sites for hydroxylation is 1. The van der Waals surface area contributed by atoms with E-state index in [0.29, 0.717) is 25.1 Å². The molecule has 0 spiro atoms. The van der Waals surface area contributed by atoms with Crippen molar-refractivity contribution >= 4 is 38.9 Å². The van der Waals surface area contributed by atoms with Gasteiger partial charge in [-0.2, -0.15) is 0 Å². The molecule has 1 aliphatic heterocycles. The molecule has 0 atom stereocenters. The summed E-state index contributed by atoms with van der Waals surface area (Å²) in [6.45, 7) is 3.65. The van der Waals surface area contributed by atoms with E-state index in [4.69, 9.17) is 0 Å². The molecule has 0 unspecified atom stereocenters. The van der Waals surface area contributed by atoms with Crippen LogP contribution in [0.15, 0.2) is 41.3 Å². The molecular formula is C19H20FN3O4S. The van der Waals surface area contributed by atoms with E-state index in [-0.39, 0.29) is 16.5 Å². The normalized spacial score (nSPS) is 13.8. The first-order valence-electron chi connectivity index (χ1n) is 8.74. The standard InChI is InChI=1S/C19H20FN3O4S/c1-3-23-18-8-5-14(10-13(18)4-9-19(23)25)22-28(26,27)15-6-7-17(16(20)11-15)21-12(2)24/h5-8,10-11,22H,3-4,9H2,1-2H3,(H,21,24). The predicted molar refractivity (Wildman–Crippen MR) is 104 cm³/mol. The molecule has 0 saturated heterocycles. The Hall–Kier alpha value is -2.94. The maximum atomic E-state index is 14.1. The molecule has 0 aromatic heterocycles. The van der Waals surface area contributed by atoms with Crippen LogP contribution in [-0.2, 0) is 26.0 Å². The van der Waals surface area contributed by atoms with Crippen LogP contribution in [0, 0.1) is 5.82 Å². The quantitative estimate of drug-likeness (QED) is 0.800. The van der Waals surface area contributed by atoms with Crippen LogP contribution in [0.1, 0.15) is 25.8 Å². The van der Waals surface area contributed by atoms with E-state index in [1.807, 2.05) is 6.92 Å². The molecule has 7 nitrogen and oxygen atoms in total. The molecule has 9 heteroatoms. The number of hydrogen-bond acceptors (Lipinski definition) is 4. The average molecular weight is 405 g/mol. The molecule has 148 valence electrons.